The first-order chi connectivity index (χ1) is 8.74. The molecule has 3 aromatic heterocycles. The molecule has 0 amide bonds. The van der Waals surface area contributed by atoms with Crippen molar-refractivity contribution < 1.29 is 0 Å². The zero-order chi connectivity index (χ0) is 12.5. The highest BCUT2D eigenvalue weighted by Crippen LogP contribution is 2.15. The Balaban J connectivity index is 2.11. The Bertz CT molecular complexity index is 743. The number of aromatic amines is 2. The van der Waals surface area contributed by atoms with Crippen LogP contribution in [-0.2, 0) is 6.42 Å². The number of nitrogens with zero attached hydrogens (tertiary/aromatic N) is 2. The number of H-pyrrole nitrogens is 2. The van der Waals surface area contributed by atoms with E-state index in [1.807, 2.05) is 24.4 Å². The SMILES string of the molecule is Cc1nc2c(Cc3ccccn3)c[nH]c2c(=O)[nH]1. The fourth-order valence-electron chi connectivity index (χ4n) is 2.01. The van der Waals surface area contributed by atoms with E-state index in [0.29, 0.717) is 17.8 Å². The van der Waals surface area contributed by atoms with Crippen LogP contribution in [0.1, 0.15) is 17.1 Å². The number of fused-ring (bicyclic) bond motifs is 1. The van der Waals surface area contributed by atoms with Crippen LogP contribution in [0.3, 0.4) is 0 Å². The molecule has 0 aromatic carbocycles. The van der Waals surface area contributed by atoms with Crippen molar-refractivity contribution >= 4 is 11.0 Å². The molecule has 3 rings (SSSR count). The normalized spacial score (nSPS) is 10.9. The number of hydrogen-bond acceptors (Lipinski definition) is 3. The maximum absolute atomic E-state index is 11.7. The van der Waals surface area contributed by atoms with Crippen LogP contribution < -0.4 is 5.56 Å². The van der Waals surface area contributed by atoms with Gasteiger partial charge in [-0.05, 0) is 19.1 Å². The smallest absolute Gasteiger partial charge is 0.275 e. The highest BCUT2D eigenvalue weighted by atomic mass is 16.1. The Labute approximate surface area is 103 Å². The third-order valence-corrected chi connectivity index (χ3v) is 2.83. The third kappa shape index (κ3) is 1.79. The molecule has 2 N–H and O–H groups in total. The average molecular weight is 240 g/mol. The molecule has 0 radical (unpaired) electrons. The highest BCUT2D eigenvalue weighted by Gasteiger charge is 2.09. The third-order valence-electron chi connectivity index (χ3n) is 2.83. The van der Waals surface area contributed by atoms with E-state index < -0.39 is 0 Å². The summed E-state index contributed by atoms with van der Waals surface area (Å²) < 4.78 is 0. The van der Waals surface area contributed by atoms with Gasteiger partial charge in [-0.3, -0.25) is 9.78 Å². The summed E-state index contributed by atoms with van der Waals surface area (Å²) in [6, 6.07) is 5.79. The van der Waals surface area contributed by atoms with Gasteiger partial charge in [0.15, 0.2) is 0 Å². The molecule has 5 nitrogen and oxygen atoms in total. The summed E-state index contributed by atoms with van der Waals surface area (Å²) in [5.74, 6) is 0.620. The molecule has 0 aliphatic rings. The molecule has 3 heterocycles. The Hall–Kier alpha value is -2.43. The lowest BCUT2D eigenvalue weighted by molar-refractivity contribution is 1.04. The largest absolute Gasteiger partial charge is 0.355 e. The summed E-state index contributed by atoms with van der Waals surface area (Å²) in [7, 11) is 0. The summed E-state index contributed by atoms with van der Waals surface area (Å²) in [4.78, 5) is 26.0. The quantitative estimate of drug-likeness (QED) is 0.713. The summed E-state index contributed by atoms with van der Waals surface area (Å²) in [6.45, 7) is 1.78. The minimum Gasteiger partial charge on any atom is -0.355 e. The molecule has 5 heteroatoms. The number of aromatic nitrogens is 4. The molecule has 0 aliphatic heterocycles. The standard InChI is InChI=1S/C13H12N4O/c1-8-16-11-9(6-10-4-2-3-5-14-10)7-15-12(11)13(18)17-8/h2-5,7,15H,6H2,1H3,(H,16,17,18). The van der Waals surface area contributed by atoms with Gasteiger partial charge in [0.25, 0.3) is 5.56 Å². The maximum atomic E-state index is 11.7. The van der Waals surface area contributed by atoms with Crippen molar-refractivity contribution in [2.45, 2.75) is 13.3 Å². The summed E-state index contributed by atoms with van der Waals surface area (Å²) >= 11 is 0. The molecule has 0 atom stereocenters. The lowest BCUT2D eigenvalue weighted by Gasteiger charge is -1.99. The van der Waals surface area contributed by atoms with Crippen LogP contribution in [0.15, 0.2) is 35.4 Å². The Morgan fingerprint density at radius 1 is 1.33 bits per heavy atom. The van der Waals surface area contributed by atoms with Gasteiger partial charge in [-0.2, -0.15) is 0 Å². The molecular weight excluding hydrogens is 228 g/mol. The van der Waals surface area contributed by atoms with Gasteiger partial charge in [0.2, 0.25) is 0 Å². The molecule has 0 unspecified atom stereocenters. The van der Waals surface area contributed by atoms with Crippen LogP contribution in [0.2, 0.25) is 0 Å². The van der Waals surface area contributed by atoms with E-state index in [9.17, 15) is 4.79 Å². The Morgan fingerprint density at radius 2 is 2.22 bits per heavy atom. The monoisotopic (exact) mass is 240 g/mol. The number of hydrogen-bond donors (Lipinski definition) is 2. The topological polar surface area (TPSA) is 74.4 Å². The van der Waals surface area contributed by atoms with E-state index in [4.69, 9.17) is 0 Å². The predicted octanol–water partition coefficient (Wildman–Crippen LogP) is 1.55. The molecule has 0 spiro atoms. The van der Waals surface area contributed by atoms with Gasteiger partial charge < -0.3 is 9.97 Å². The second-order valence-electron chi connectivity index (χ2n) is 4.19. The van der Waals surface area contributed by atoms with Gasteiger partial charge in [0, 0.05) is 30.1 Å². The fourth-order valence-corrected chi connectivity index (χ4v) is 2.01. The van der Waals surface area contributed by atoms with E-state index in [-0.39, 0.29) is 5.56 Å². The first-order valence-corrected chi connectivity index (χ1v) is 5.71. The summed E-state index contributed by atoms with van der Waals surface area (Å²) in [5, 5.41) is 0. The van der Waals surface area contributed by atoms with Crippen molar-refractivity contribution in [3.63, 3.8) is 0 Å². The molecule has 90 valence electrons. The summed E-state index contributed by atoms with van der Waals surface area (Å²) in [5.41, 5.74) is 3.05. The van der Waals surface area contributed by atoms with Gasteiger partial charge in [0.05, 0.1) is 5.52 Å². The number of rotatable bonds is 2. The van der Waals surface area contributed by atoms with Crippen molar-refractivity contribution in [2.75, 3.05) is 0 Å². The van der Waals surface area contributed by atoms with Crippen LogP contribution in [0.5, 0.6) is 0 Å². The van der Waals surface area contributed by atoms with Gasteiger partial charge in [-0.1, -0.05) is 6.07 Å². The highest BCUT2D eigenvalue weighted by molar-refractivity contribution is 5.78. The molecule has 0 aliphatic carbocycles. The van der Waals surface area contributed by atoms with Crippen molar-refractivity contribution in [3.8, 4) is 0 Å². The van der Waals surface area contributed by atoms with E-state index >= 15 is 0 Å². The molecule has 0 saturated carbocycles. The molecule has 0 bridgehead atoms. The first kappa shape index (κ1) is 10.7. The van der Waals surface area contributed by atoms with Crippen LogP contribution in [-0.4, -0.2) is 19.9 Å². The summed E-state index contributed by atoms with van der Waals surface area (Å²) in [6.07, 6.45) is 4.24. The van der Waals surface area contributed by atoms with Crippen LogP contribution in [0.25, 0.3) is 11.0 Å². The lowest BCUT2D eigenvalue weighted by atomic mass is 10.1. The molecule has 0 saturated heterocycles. The maximum Gasteiger partial charge on any atom is 0.275 e. The Kier molecular flexibility index (Phi) is 2.44. The Morgan fingerprint density at radius 3 is 3.00 bits per heavy atom. The van der Waals surface area contributed by atoms with Crippen LogP contribution in [0.4, 0.5) is 0 Å². The number of nitrogens with one attached hydrogen (secondary N) is 2. The molecule has 0 fully saturated rings. The first-order valence-electron chi connectivity index (χ1n) is 5.71. The van der Waals surface area contributed by atoms with Crippen molar-refractivity contribution in [3.05, 3.63) is 58.0 Å². The second kappa shape index (κ2) is 4.10. The van der Waals surface area contributed by atoms with E-state index in [1.165, 1.54) is 0 Å². The number of pyridine rings is 1. The van der Waals surface area contributed by atoms with Crippen LogP contribution in [0, 0.1) is 6.92 Å². The minimum atomic E-state index is -0.134. The molecule has 3 aromatic rings. The van der Waals surface area contributed by atoms with Crippen molar-refractivity contribution in [1.82, 2.24) is 19.9 Å². The molecular formula is C13H12N4O. The van der Waals surface area contributed by atoms with Gasteiger partial charge in [0.1, 0.15) is 11.3 Å². The minimum absolute atomic E-state index is 0.134. The number of aryl methyl sites for hydroxylation is 1. The molecule has 18 heavy (non-hydrogen) atoms. The van der Waals surface area contributed by atoms with Crippen LogP contribution >= 0.6 is 0 Å². The van der Waals surface area contributed by atoms with Gasteiger partial charge in [-0.15, -0.1) is 0 Å². The van der Waals surface area contributed by atoms with Crippen molar-refractivity contribution in [1.29, 1.82) is 0 Å². The zero-order valence-electron chi connectivity index (χ0n) is 9.90. The fraction of sp³-hybridized carbons (Fsp3) is 0.154. The zero-order valence-corrected chi connectivity index (χ0v) is 9.90. The predicted molar refractivity (Wildman–Crippen MR) is 68.5 cm³/mol. The average Bonchev–Trinajstić information content (AvgIpc) is 2.74. The van der Waals surface area contributed by atoms with Gasteiger partial charge >= 0.3 is 0 Å². The van der Waals surface area contributed by atoms with Gasteiger partial charge in [-0.25, -0.2) is 4.98 Å². The lowest BCUT2D eigenvalue weighted by Crippen LogP contribution is -2.09. The van der Waals surface area contributed by atoms with E-state index in [1.54, 1.807) is 13.1 Å². The second-order valence-corrected chi connectivity index (χ2v) is 4.19. The van der Waals surface area contributed by atoms with Crippen molar-refractivity contribution in [2.24, 2.45) is 0 Å². The van der Waals surface area contributed by atoms with E-state index in [2.05, 4.69) is 19.9 Å². The van der Waals surface area contributed by atoms with E-state index in [0.717, 1.165) is 16.8 Å².